The standard InChI is InChI=1S/C39H65NO6.CH4/c1-7-29(42)12-16-36(43)45-30(20-24-41)19-23-40-37(44)46-31-17-21-38(5)28(25-31)11-13-32-34-15-14-33(27(4)10-8-9-26(2)3)39(34,6)22-18-35(32)38;/h11,26-27,30-35,41H,7-10,12-25H2,1-6H3,(H,40,44);1H4/t27-,30?,31-,32?,33+,34?,35?,38-,39+;/m0./s1/i41D;1T. The quantitative estimate of drug-likeness (QED) is 0.119. The SMILES string of the molecule is [2H]OCCC(CCNC(=O)O[C@H]1CC[C@@]2(C)C(=CCC3C2CC[C@@]2(C)C3CC[C@@H]2[C@@H](C)CCCC(C)C)C1)OC(=O)CCC(=O)CC.[3H]C. The maximum Gasteiger partial charge on any atom is 0.407 e. The van der Waals surface area contributed by atoms with Gasteiger partial charge in [-0.2, -0.15) is 0 Å². The third-order valence-electron chi connectivity index (χ3n) is 13.0. The Hall–Kier alpha value is -1.89. The lowest BCUT2D eigenvalue weighted by atomic mass is 9.47. The van der Waals surface area contributed by atoms with Crippen molar-refractivity contribution in [3.05, 3.63) is 11.6 Å². The molecule has 0 aliphatic heterocycles. The molecule has 4 rings (SSSR count). The molecule has 4 aliphatic rings. The second-order valence-corrected chi connectivity index (χ2v) is 16.3. The fraction of sp³-hybridized carbons (Fsp3) is 0.875. The Bertz CT molecular complexity index is 1100. The van der Waals surface area contributed by atoms with Gasteiger partial charge in [-0.3, -0.25) is 9.59 Å². The molecule has 1 amide bonds. The first-order valence-corrected chi connectivity index (χ1v) is 18.8. The number of amides is 1. The highest BCUT2D eigenvalue weighted by molar-refractivity contribution is 5.82. The molecule has 0 aromatic carbocycles. The minimum absolute atomic E-state index is 0.0193. The van der Waals surface area contributed by atoms with E-state index < -0.39 is 18.2 Å². The number of hydrogen-bond acceptors (Lipinski definition) is 6. The van der Waals surface area contributed by atoms with Gasteiger partial charge in [-0.25, -0.2) is 4.79 Å². The van der Waals surface area contributed by atoms with E-state index in [-0.39, 0.29) is 43.3 Å². The second kappa shape index (κ2) is 17.7. The van der Waals surface area contributed by atoms with Crippen LogP contribution in [0.2, 0.25) is 0 Å². The zero-order valence-corrected chi connectivity index (χ0v) is 30.9. The normalized spacial score (nSPS) is 32.9. The van der Waals surface area contributed by atoms with Gasteiger partial charge in [0.15, 0.2) is 0 Å². The summed E-state index contributed by atoms with van der Waals surface area (Å²) in [4.78, 5) is 36.6. The first kappa shape index (κ1) is 36.4. The van der Waals surface area contributed by atoms with E-state index in [4.69, 9.17) is 12.3 Å². The zero-order chi connectivity index (χ0) is 36.2. The van der Waals surface area contributed by atoms with Crippen molar-refractivity contribution < 1.29 is 30.3 Å². The number of alkyl carbamates (subject to hydrolysis) is 1. The Morgan fingerprint density at radius 1 is 1.06 bits per heavy atom. The van der Waals surface area contributed by atoms with E-state index in [0.717, 1.165) is 54.8 Å². The van der Waals surface area contributed by atoms with Gasteiger partial charge in [0.05, 0.1) is 6.42 Å². The van der Waals surface area contributed by atoms with Crippen LogP contribution in [0.4, 0.5) is 4.79 Å². The van der Waals surface area contributed by atoms with Crippen LogP contribution in [0, 0.1) is 46.3 Å². The summed E-state index contributed by atoms with van der Waals surface area (Å²) >= 11 is 0. The summed E-state index contributed by atoms with van der Waals surface area (Å²) in [5.74, 6) is 4.42. The van der Waals surface area contributed by atoms with Crippen molar-refractivity contribution in [2.24, 2.45) is 46.3 Å². The fourth-order valence-electron chi connectivity index (χ4n) is 10.3. The largest absolute Gasteiger partial charge is 0.462 e. The molecular formula is C40H69NO6. The highest BCUT2D eigenvalue weighted by Gasteiger charge is 2.59. The molecule has 0 bridgehead atoms. The molecule has 0 heterocycles. The average molecular weight is 663 g/mol. The van der Waals surface area contributed by atoms with Crippen LogP contribution in [0.25, 0.3) is 0 Å². The molecule has 4 unspecified atom stereocenters. The molecular weight excluding hydrogens is 590 g/mol. The fourth-order valence-corrected chi connectivity index (χ4v) is 10.3. The number of ketones is 1. The van der Waals surface area contributed by atoms with Crippen molar-refractivity contribution in [1.29, 1.82) is 1.43 Å². The van der Waals surface area contributed by atoms with Gasteiger partial charge in [0.25, 0.3) is 0 Å². The number of fused-ring (bicyclic) bond motifs is 5. The van der Waals surface area contributed by atoms with Crippen LogP contribution < -0.4 is 5.32 Å². The predicted octanol–water partition coefficient (Wildman–Crippen LogP) is 9.20. The van der Waals surface area contributed by atoms with Crippen molar-refractivity contribution in [2.45, 2.75) is 164 Å². The molecule has 47 heavy (non-hydrogen) atoms. The maximum atomic E-state index is 12.8. The number of esters is 1. The van der Waals surface area contributed by atoms with Gasteiger partial charge in [0, 0.05) is 46.6 Å². The number of nitrogens with one attached hydrogen (secondary N) is 1. The van der Waals surface area contributed by atoms with Crippen LogP contribution in [-0.2, 0) is 19.1 Å². The van der Waals surface area contributed by atoms with Crippen LogP contribution in [0.1, 0.15) is 153 Å². The summed E-state index contributed by atoms with van der Waals surface area (Å²) in [6, 6.07) is 0. The summed E-state index contributed by atoms with van der Waals surface area (Å²) in [7, 11) is 1.25. The summed E-state index contributed by atoms with van der Waals surface area (Å²) in [5.41, 5.74) is 2.20. The van der Waals surface area contributed by atoms with Crippen molar-refractivity contribution >= 4 is 17.8 Å². The van der Waals surface area contributed by atoms with Gasteiger partial charge < -0.3 is 19.9 Å². The van der Waals surface area contributed by atoms with Crippen LogP contribution in [0.3, 0.4) is 0 Å². The molecule has 2 N–H and O–H groups in total. The molecule has 9 atom stereocenters. The molecule has 0 radical (unpaired) electrons. The molecule has 0 saturated heterocycles. The number of aliphatic hydroxyl groups is 1. The van der Waals surface area contributed by atoms with Crippen LogP contribution >= 0.6 is 0 Å². The minimum Gasteiger partial charge on any atom is -0.462 e. The van der Waals surface area contributed by atoms with E-state index in [1.165, 1.54) is 64.3 Å². The Morgan fingerprint density at radius 3 is 2.57 bits per heavy atom. The van der Waals surface area contributed by atoms with Crippen LogP contribution in [0.5, 0.6) is 0 Å². The molecule has 4 aliphatic carbocycles. The van der Waals surface area contributed by atoms with Crippen LogP contribution in [-0.4, -0.2) is 49.7 Å². The lowest BCUT2D eigenvalue weighted by molar-refractivity contribution is -0.151. The van der Waals surface area contributed by atoms with E-state index in [9.17, 15) is 14.4 Å². The molecule has 3 saturated carbocycles. The summed E-state index contributed by atoms with van der Waals surface area (Å²) in [5, 5.41) is 7.27. The average Bonchev–Trinajstić information content (AvgIpc) is 3.44. The number of ether oxygens (including phenoxy) is 2. The lowest BCUT2D eigenvalue weighted by Gasteiger charge is -2.58. The van der Waals surface area contributed by atoms with Gasteiger partial charge in [0.2, 0.25) is 1.43 Å². The molecule has 3 fully saturated rings. The van der Waals surface area contributed by atoms with E-state index in [1.807, 2.05) is 0 Å². The van der Waals surface area contributed by atoms with E-state index >= 15 is 0 Å². The van der Waals surface area contributed by atoms with E-state index in [2.05, 4.69) is 51.1 Å². The number of Topliss-reactive ketones (excluding diaryl/α,β-unsaturated/α-hetero) is 1. The van der Waals surface area contributed by atoms with E-state index in [1.54, 1.807) is 6.92 Å². The van der Waals surface area contributed by atoms with Crippen molar-refractivity contribution in [2.75, 3.05) is 13.2 Å². The third-order valence-corrected chi connectivity index (χ3v) is 13.0. The zero-order valence-electron chi connectivity index (χ0n) is 32.9. The third kappa shape index (κ3) is 9.63. The van der Waals surface area contributed by atoms with Gasteiger partial charge in [0.1, 0.15) is 18.0 Å². The van der Waals surface area contributed by atoms with Gasteiger partial charge in [-0.05, 0) is 91.3 Å². The number of aliphatic hydroxyl groups excluding tert-OH is 1. The van der Waals surface area contributed by atoms with E-state index in [0.29, 0.717) is 24.7 Å². The maximum absolute atomic E-state index is 12.8. The smallest absolute Gasteiger partial charge is 0.407 e. The topological polar surface area (TPSA) is 102 Å². The highest BCUT2D eigenvalue weighted by atomic mass is 16.6. The highest BCUT2D eigenvalue weighted by Crippen LogP contribution is 2.67. The number of carbonyl (C=O) groups is 3. The summed E-state index contributed by atoms with van der Waals surface area (Å²) in [6.45, 7) is 14.6. The molecule has 0 aromatic rings. The molecule has 270 valence electrons. The number of allylic oxidation sites excluding steroid dienone is 1. The monoisotopic (exact) mass is 663 g/mol. The first-order valence-electron chi connectivity index (χ1n) is 20.2. The second-order valence-electron chi connectivity index (χ2n) is 16.3. The summed E-state index contributed by atoms with van der Waals surface area (Å²) in [6.07, 6.45) is 16.4. The molecule has 0 aromatic heterocycles. The Balaban J connectivity index is 0.00000319. The summed E-state index contributed by atoms with van der Waals surface area (Å²) < 4.78 is 24.2. The van der Waals surface area contributed by atoms with Gasteiger partial charge in [-0.1, -0.05) is 79.9 Å². The molecule has 7 heteroatoms. The number of carbonyl (C=O) groups excluding carboxylic acids is 3. The minimum atomic E-state index is -0.499. The molecule has 0 spiro atoms. The Kier molecular flexibility index (Phi) is 13.7. The predicted molar refractivity (Wildman–Crippen MR) is 189 cm³/mol. The van der Waals surface area contributed by atoms with Gasteiger partial charge >= 0.3 is 12.1 Å². The van der Waals surface area contributed by atoms with Gasteiger partial charge in [-0.15, -0.1) is 0 Å². The Labute approximate surface area is 289 Å². The Morgan fingerprint density at radius 2 is 1.85 bits per heavy atom. The van der Waals surface area contributed by atoms with Crippen LogP contribution in [0.15, 0.2) is 11.6 Å². The van der Waals surface area contributed by atoms with Crippen molar-refractivity contribution in [1.82, 2.24) is 5.32 Å². The van der Waals surface area contributed by atoms with Crippen molar-refractivity contribution in [3.8, 4) is 0 Å². The first-order chi connectivity index (χ1) is 23.4. The number of hydrogen-bond donors (Lipinski definition) is 2. The lowest BCUT2D eigenvalue weighted by Crippen LogP contribution is -2.51. The number of rotatable bonds is 17. The molecule has 7 nitrogen and oxygen atoms in total. The van der Waals surface area contributed by atoms with Crippen molar-refractivity contribution in [3.63, 3.8) is 0 Å².